The van der Waals surface area contributed by atoms with E-state index >= 15 is 0 Å². The number of carbonyl (C=O) groups is 1. The van der Waals surface area contributed by atoms with Gasteiger partial charge in [0.25, 0.3) is 5.91 Å². The lowest BCUT2D eigenvalue weighted by molar-refractivity contribution is -0.385. The predicted molar refractivity (Wildman–Crippen MR) is 69.8 cm³/mol. The van der Waals surface area contributed by atoms with E-state index in [0.717, 1.165) is 12.1 Å². The molecule has 0 radical (unpaired) electrons. The third-order valence-corrected chi connectivity index (χ3v) is 2.61. The van der Waals surface area contributed by atoms with Gasteiger partial charge in [-0.3, -0.25) is 14.9 Å². The van der Waals surface area contributed by atoms with Crippen molar-refractivity contribution in [1.29, 1.82) is 0 Å². The average molecular weight is 284 g/mol. The molecule has 1 amide bonds. The fraction of sp³-hybridized carbons (Fsp3) is 0.417. The van der Waals surface area contributed by atoms with Crippen LogP contribution in [0.3, 0.4) is 0 Å². The first-order chi connectivity index (χ1) is 9.49. The summed E-state index contributed by atoms with van der Waals surface area (Å²) in [5, 5.41) is 22.6. The Hall–Kier alpha value is -2.19. The lowest BCUT2D eigenvalue weighted by Gasteiger charge is -2.15. The average Bonchev–Trinajstić information content (AvgIpc) is 2.42. The van der Waals surface area contributed by atoms with E-state index in [2.05, 4.69) is 5.32 Å². The number of nitrogens with one attached hydrogen (secondary N) is 1. The van der Waals surface area contributed by atoms with Crippen LogP contribution in [-0.2, 0) is 9.47 Å². The molecule has 1 rings (SSSR count). The van der Waals surface area contributed by atoms with Crippen molar-refractivity contribution in [2.45, 2.75) is 6.10 Å². The van der Waals surface area contributed by atoms with Gasteiger partial charge < -0.3 is 19.9 Å². The highest BCUT2D eigenvalue weighted by atomic mass is 16.6. The van der Waals surface area contributed by atoms with Gasteiger partial charge in [0.05, 0.1) is 17.6 Å². The van der Waals surface area contributed by atoms with Gasteiger partial charge in [-0.05, 0) is 12.1 Å². The minimum absolute atomic E-state index is 0.125. The van der Waals surface area contributed by atoms with Crippen molar-refractivity contribution in [3.63, 3.8) is 0 Å². The normalized spacial score (nSPS) is 11.9. The summed E-state index contributed by atoms with van der Waals surface area (Å²) < 4.78 is 9.98. The summed E-state index contributed by atoms with van der Waals surface area (Å²) in [5.41, 5.74) is -0.323. The number of nitro benzene ring substituents is 1. The smallest absolute Gasteiger partial charge is 0.310 e. The van der Waals surface area contributed by atoms with E-state index in [1.165, 1.54) is 20.3 Å². The van der Waals surface area contributed by atoms with Gasteiger partial charge in [-0.2, -0.15) is 0 Å². The number of phenolic OH excluding ortho intramolecular Hbond substituents is 1. The summed E-state index contributed by atoms with van der Waals surface area (Å²) >= 11 is 0. The Morgan fingerprint density at radius 2 is 2.20 bits per heavy atom. The molecule has 8 nitrogen and oxygen atoms in total. The number of methoxy groups -OCH3 is 2. The zero-order valence-electron chi connectivity index (χ0n) is 11.2. The quantitative estimate of drug-likeness (QED) is 0.563. The summed E-state index contributed by atoms with van der Waals surface area (Å²) in [6.45, 7) is 0.545. The zero-order valence-corrected chi connectivity index (χ0v) is 11.2. The Morgan fingerprint density at radius 1 is 1.50 bits per heavy atom. The lowest BCUT2D eigenvalue weighted by Crippen LogP contribution is -2.35. The number of amides is 1. The number of nitro groups is 1. The Balaban J connectivity index is 2.68. The number of benzene rings is 1. The molecule has 0 saturated carbocycles. The van der Waals surface area contributed by atoms with Crippen LogP contribution in [0.2, 0.25) is 0 Å². The van der Waals surface area contributed by atoms with Crippen molar-refractivity contribution in [2.75, 3.05) is 27.4 Å². The molecule has 0 saturated heterocycles. The van der Waals surface area contributed by atoms with Crippen molar-refractivity contribution in [3.8, 4) is 5.75 Å². The van der Waals surface area contributed by atoms with Gasteiger partial charge in [0, 0.05) is 32.4 Å². The Kier molecular flexibility index (Phi) is 5.88. The van der Waals surface area contributed by atoms with Crippen LogP contribution in [0.5, 0.6) is 5.75 Å². The van der Waals surface area contributed by atoms with Gasteiger partial charge in [0.2, 0.25) is 0 Å². The summed E-state index contributed by atoms with van der Waals surface area (Å²) in [7, 11) is 3.01. The van der Waals surface area contributed by atoms with Gasteiger partial charge in [0.15, 0.2) is 5.75 Å². The number of phenols is 1. The maximum atomic E-state index is 11.8. The second-order valence-corrected chi connectivity index (χ2v) is 3.98. The molecule has 0 aliphatic carbocycles. The Morgan fingerprint density at radius 3 is 2.70 bits per heavy atom. The summed E-state index contributed by atoms with van der Waals surface area (Å²) in [6, 6.07) is 3.39. The summed E-state index contributed by atoms with van der Waals surface area (Å²) in [6.07, 6.45) is -0.296. The topological polar surface area (TPSA) is 111 Å². The van der Waals surface area contributed by atoms with Gasteiger partial charge >= 0.3 is 5.69 Å². The molecule has 0 bridgehead atoms. The number of hydrogen-bond donors (Lipinski definition) is 2. The monoisotopic (exact) mass is 284 g/mol. The molecule has 1 atom stereocenters. The molecule has 8 heteroatoms. The van der Waals surface area contributed by atoms with Crippen LogP contribution in [-0.4, -0.2) is 49.4 Å². The maximum absolute atomic E-state index is 11.8. The van der Waals surface area contributed by atoms with E-state index in [0.29, 0.717) is 6.61 Å². The van der Waals surface area contributed by atoms with E-state index in [1.807, 2.05) is 0 Å². The van der Waals surface area contributed by atoms with Gasteiger partial charge in [0.1, 0.15) is 0 Å². The predicted octanol–water partition coefficient (Wildman–Crippen LogP) is 0.692. The van der Waals surface area contributed by atoms with Crippen LogP contribution in [0, 0.1) is 10.1 Å². The highest BCUT2D eigenvalue weighted by Crippen LogP contribution is 2.26. The number of hydrogen-bond acceptors (Lipinski definition) is 6. The Labute approximate surface area is 115 Å². The van der Waals surface area contributed by atoms with Crippen LogP contribution in [0.1, 0.15) is 10.4 Å². The molecule has 0 aliphatic heterocycles. The molecule has 1 aromatic rings. The van der Waals surface area contributed by atoms with Gasteiger partial charge in [-0.15, -0.1) is 0 Å². The first-order valence-corrected chi connectivity index (χ1v) is 5.77. The number of carbonyl (C=O) groups excluding carboxylic acids is 1. The largest absolute Gasteiger partial charge is 0.502 e. The Bertz CT molecular complexity index is 491. The van der Waals surface area contributed by atoms with Crippen LogP contribution in [0.25, 0.3) is 0 Å². The summed E-state index contributed by atoms with van der Waals surface area (Å²) in [4.78, 5) is 21.6. The molecule has 110 valence electrons. The number of rotatable bonds is 7. The van der Waals surface area contributed by atoms with Crippen LogP contribution < -0.4 is 5.32 Å². The zero-order chi connectivity index (χ0) is 15.1. The van der Waals surface area contributed by atoms with E-state index < -0.39 is 22.3 Å². The van der Waals surface area contributed by atoms with Crippen LogP contribution >= 0.6 is 0 Å². The molecule has 0 fully saturated rings. The van der Waals surface area contributed by atoms with Crippen LogP contribution in [0.4, 0.5) is 5.69 Å². The molecular weight excluding hydrogens is 268 g/mol. The standard InChI is InChI=1S/C12H16N2O6/c1-19-7-9(20-2)6-13-12(16)8-3-4-10(14(17)18)11(15)5-8/h3-5,9,15H,6-7H2,1-2H3,(H,13,16). The third-order valence-electron chi connectivity index (χ3n) is 2.61. The first-order valence-electron chi connectivity index (χ1n) is 5.77. The minimum Gasteiger partial charge on any atom is -0.502 e. The number of nitrogens with zero attached hydrogens (tertiary/aromatic N) is 1. The lowest BCUT2D eigenvalue weighted by atomic mass is 10.1. The van der Waals surface area contributed by atoms with E-state index in [4.69, 9.17) is 9.47 Å². The van der Waals surface area contributed by atoms with Gasteiger partial charge in [-0.1, -0.05) is 0 Å². The van der Waals surface area contributed by atoms with Crippen molar-refractivity contribution >= 4 is 11.6 Å². The molecule has 2 N–H and O–H groups in total. The molecule has 0 heterocycles. The van der Waals surface area contributed by atoms with Crippen LogP contribution in [0.15, 0.2) is 18.2 Å². The van der Waals surface area contributed by atoms with E-state index in [1.54, 1.807) is 0 Å². The van der Waals surface area contributed by atoms with Gasteiger partial charge in [-0.25, -0.2) is 0 Å². The molecule has 1 unspecified atom stereocenters. The maximum Gasteiger partial charge on any atom is 0.310 e. The SMILES string of the molecule is COCC(CNC(=O)c1ccc([N+](=O)[O-])c(O)c1)OC. The molecule has 0 aliphatic rings. The minimum atomic E-state index is -0.726. The second-order valence-electron chi connectivity index (χ2n) is 3.98. The molecule has 0 spiro atoms. The van der Waals surface area contributed by atoms with Crippen molar-refractivity contribution in [1.82, 2.24) is 5.32 Å². The highest BCUT2D eigenvalue weighted by Gasteiger charge is 2.16. The van der Waals surface area contributed by atoms with Crippen molar-refractivity contribution in [2.24, 2.45) is 0 Å². The fourth-order valence-corrected chi connectivity index (χ4v) is 1.52. The summed E-state index contributed by atoms with van der Waals surface area (Å²) in [5.74, 6) is -1.02. The highest BCUT2D eigenvalue weighted by molar-refractivity contribution is 5.95. The number of ether oxygens (including phenoxy) is 2. The van der Waals surface area contributed by atoms with Crippen molar-refractivity contribution < 1.29 is 24.3 Å². The van der Waals surface area contributed by atoms with E-state index in [-0.39, 0.29) is 18.2 Å². The fourth-order valence-electron chi connectivity index (χ4n) is 1.52. The third kappa shape index (κ3) is 4.18. The molecular formula is C12H16N2O6. The molecule has 0 aromatic heterocycles. The first kappa shape index (κ1) is 15.9. The molecule has 1 aromatic carbocycles. The van der Waals surface area contributed by atoms with E-state index in [9.17, 15) is 20.0 Å². The second kappa shape index (κ2) is 7.41. The van der Waals surface area contributed by atoms with Crippen molar-refractivity contribution in [3.05, 3.63) is 33.9 Å². The number of aromatic hydroxyl groups is 1. The molecule has 20 heavy (non-hydrogen) atoms.